The number of aromatic nitrogens is 3. The van der Waals surface area contributed by atoms with Gasteiger partial charge in [0.15, 0.2) is 11.5 Å². The predicted octanol–water partition coefficient (Wildman–Crippen LogP) is 4.39. The Morgan fingerprint density at radius 2 is 2.04 bits per heavy atom. The topological polar surface area (TPSA) is 42.5 Å². The van der Waals surface area contributed by atoms with E-state index in [1.807, 2.05) is 0 Å². The first-order valence-corrected chi connectivity index (χ1v) is 9.28. The molecule has 0 bridgehead atoms. The Labute approximate surface area is 155 Å². The van der Waals surface area contributed by atoms with Crippen molar-refractivity contribution < 1.29 is 4.39 Å². The third-order valence-electron chi connectivity index (χ3n) is 5.90. The lowest BCUT2D eigenvalue weighted by molar-refractivity contribution is 0.625. The molecule has 132 valence electrons. The molecule has 3 unspecified atom stereocenters. The molecule has 0 radical (unpaired) electrons. The van der Waals surface area contributed by atoms with Crippen LogP contribution in [0.2, 0.25) is 0 Å². The molecule has 4 nitrogen and oxygen atoms in total. The zero-order chi connectivity index (χ0) is 18.1. The summed E-state index contributed by atoms with van der Waals surface area (Å²) in [5.74, 6) is 1.40. The zero-order valence-corrected chi connectivity index (χ0v) is 14.8. The molecule has 1 aromatic carbocycles. The van der Waals surface area contributed by atoms with Crippen LogP contribution in [0.3, 0.4) is 0 Å². The van der Waals surface area contributed by atoms with Crippen molar-refractivity contribution in [2.24, 2.45) is 16.8 Å². The van der Waals surface area contributed by atoms with Gasteiger partial charge in [0.1, 0.15) is 5.82 Å². The first-order valence-electron chi connectivity index (χ1n) is 9.28. The number of halogens is 1. The molecule has 0 amide bonds. The first-order chi connectivity index (χ1) is 13.2. The summed E-state index contributed by atoms with van der Waals surface area (Å²) in [6.07, 6.45) is 7.08. The summed E-state index contributed by atoms with van der Waals surface area (Å²) < 4.78 is 15.1. The molecule has 2 aromatic heterocycles. The van der Waals surface area contributed by atoms with Crippen molar-refractivity contribution in [3.8, 4) is 0 Å². The number of hydrogen-bond donors (Lipinski definition) is 0. The fraction of sp³-hybridized carbons (Fsp3) is 0.227. The van der Waals surface area contributed by atoms with Gasteiger partial charge in [0.05, 0.1) is 5.71 Å². The van der Waals surface area contributed by atoms with Gasteiger partial charge in [-0.3, -0.25) is 4.99 Å². The van der Waals surface area contributed by atoms with Crippen LogP contribution in [0.25, 0.3) is 11.7 Å². The Bertz CT molecular complexity index is 1200. The third kappa shape index (κ3) is 2.17. The van der Waals surface area contributed by atoms with Crippen LogP contribution >= 0.6 is 0 Å². The highest BCUT2D eigenvalue weighted by Gasteiger charge is 2.47. The quantitative estimate of drug-likeness (QED) is 0.683. The SMILES string of the molecule is CC1=C(C2CC2c2nc3cc(F)ccn3n2)N=C2c3ccccc3C=CC21. The van der Waals surface area contributed by atoms with Gasteiger partial charge >= 0.3 is 0 Å². The maximum Gasteiger partial charge on any atom is 0.158 e. The number of nitrogens with zero attached hydrogens (tertiary/aromatic N) is 4. The van der Waals surface area contributed by atoms with Gasteiger partial charge in [0.25, 0.3) is 0 Å². The van der Waals surface area contributed by atoms with Crippen molar-refractivity contribution >= 4 is 17.4 Å². The van der Waals surface area contributed by atoms with Gasteiger partial charge in [0, 0.05) is 41.3 Å². The number of rotatable bonds is 2. The summed E-state index contributed by atoms with van der Waals surface area (Å²) in [4.78, 5) is 9.60. The Morgan fingerprint density at radius 3 is 2.96 bits per heavy atom. The standard InChI is InChI=1S/C22H17FN4/c1-12-15-7-6-13-4-2-3-5-16(13)21(15)25-20(12)17-11-18(17)22-24-19-10-14(23)8-9-27(19)26-22/h2-10,15,17-18H,11H2,1H3. The van der Waals surface area contributed by atoms with Crippen LogP contribution in [-0.4, -0.2) is 20.3 Å². The second-order valence-corrected chi connectivity index (χ2v) is 7.56. The lowest BCUT2D eigenvalue weighted by Gasteiger charge is -2.18. The molecule has 0 N–H and O–H groups in total. The van der Waals surface area contributed by atoms with Crippen molar-refractivity contribution in [2.45, 2.75) is 19.3 Å². The maximum absolute atomic E-state index is 13.4. The van der Waals surface area contributed by atoms with Gasteiger partial charge in [-0.15, -0.1) is 0 Å². The molecule has 3 atom stereocenters. The molecule has 0 saturated heterocycles. The van der Waals surface area contributed by atoms with E-state index in [2.05, 4.69) is 53.4 Å². The fourth-order valence-electron chi connectivity index (χ4n) is 4.38. The van der Waals surface area contributed by atoms with E-state index in [1.165, 1.54) is 34.5 Å². The Hall–Kier alpha value is -3.08. The van der Waals surface area contributed by atoms with Gasteiger partial charge in [-0.1, -0.05) is 36.4 Å². The van der Waals surface area contributed by atoms with Crippen molar-refractivity contribution in [2.75, 3.05) is 0 Å². The highest BCUT2D eigenvalue weighted by molar-refractivity contribution is 6.11. The smallest absolute Gasteiger partial charge is 0.158 e. The van der Waals surface area contributed by atoms with E-state index in [4.69, 9.17) is 4.99 Å². The van der Waals surface area contributed by atoms with E-state index in [9.17, 15) is 4.39 Å². The van der Waals surface area contributed by atoms with E-state index in [-0.39, 0.29) is 17.7 Å². The Balaban J connectivity index is 1.35. The molecule has 6 rings (SSSR count). The van der Waals surface area contributed by atoms with Crippen molar-refractivity contribution in [3.63, 3.8) is 0 Å². The largest absolute Gasteiger partial charge is 0.256 e. The fourth-order valence-corrected chi connectivity index (χ4v) is 4.38. The second-order valence-electron chi connectivity index (χ2n) is 7.56. The van der Waals surface area contributed by atoms with E-state index in [0.717, 1.165) is 18.0 Å². The normalized spacial score (nSPS) is 25.6. The van der Waals surface area contributed by atoms with Crippen molar-refractivity contribution in [1.29, 1.82) is 0 Å². The van der Waals surface area contributed by atoms with Crippen LogP contribution in [0.1, 0.15) is 36.2 Å². The lowest BCUT2D eigenvalue weighted by atomic mass is 9.84. The molecule has 1 fully saturated rings. The molecular weight excluding hydrogens is 339 g/mol. The molecule has 3 aliphatic rings. The predicted molar refractivity (Wildman–Crippen MR) is 102 cm³/mol. The molecule has 1 saturated carbocycles. The minimum atomic E-state index is -0.288. The van der Waals surface area contributed by atoms with E-state index >= 15 is 0 Å². The average Bonchev–Trinajstić information content (AvgIpc) is 3.24. The number of hydrogen-bond acceptors (Lipinski definition) is 3. The van der Waals surface area contributed by atoms with Gasteiger partial charge in [-0.05, 0) is 30.5 Å². The monoisotopic (exact) mass is 356 g/mol. The number of benzene rings is 1. The summed E-state index contributed by atoms with van der Waals surface area (Å²) in [5, 5.41) is 4.54. The molecule has 0 spiro atoms. The highest BCUT2D eigenvalue weighted by atomic mass is 19.1. The molecule has 2 aliphatic carbocycles. The van der Waals surface area contributed by atoms with Crippen molar-refractivity contribution in [3.05, 3.63) is 82.7 Å². The maximum atomic E-state index is 13.4. The van der Waals surface area contributed by atoms with Crippen LogP contribution in [0.4, 0.5) is 4.39 Å². The molecule has 3 aromatic rings. The molecule has 3 heterocycles. The van der Waals surface area contributed by atoms with Crippen LogP contribution in [0, 0.1) is 17.7 Å². The minimum absolute atomic E-state index is 0.265. The number of aliphatic imine (C=N–C) groups is 1. The Kier molecular flexibility index (Phi) is 2.91. The number of allylic oxidation sites excluding steroid dienone is 3. The summed E-state index contributed by atoms with van der Waals surface area (Å²) >= 11 is 0. The van der Waals surface area contributed by atoms with Gasteiger partial charge < -0.3 is 0 Å². The molecule has 5 heteroatoms. The van der Waals surface area contributed by atoms with Crippen LogP contribution in [0.5, 0.6) is 0 Å². The first kappa shape index (κ1) is 15.0. The van der Waals surface area contributed by atoms with Crippen LogP contribution in [-0.2, 0) is 0 Å². The summed E-state index contributed by atoms with van der Waals surface area (Å²) in [7, 11) is 0. The summed E-state index contributed by atoms with van der Waals surface area (Å²) in [6, 6.07) is 11.3. The number of fused-ring (bicyclic) bond motifs is 4. The average molecular weight is 356 g/mol. The lowest BCUT2D eigenvalue weighted by Crippen LogP contribution is -2.15. The zero-order valence-electron chi connectivity index (χ0n) is 14.8. The van der Waals surface area contributed by atoms with Gasteiger partial charge in [-0.25, -0.2) is 13.9 Å². The Morgan fingerprint density at radius 1 is 1.15 bits per heavy atom. The number of pyridine rings is 1. The van der Waals surface area contributed by atoms with E-state index < -0.39 is 0 Å². The highest BCUT2D eigenvalue weighted by Crippen LogP contribution is 2.54. The molecule has 1 aliphatic heterocycles. The summed E-state index contributed by atoms with van der Waals surface area (Å²) in [6.45, 7) is 2.19. The molecular formula is C22H17FN4. The van der Waals surface area contributed by atoms with E-state index in [1.54, 1.807) is 10.7 Å². The van der Waals surface area contributed by atoms with Crippen LogP contribution < -0.4 is 0 Å². The minimum Gasteiger partial charge on any atom is -0.256 e. The van der Waals surface area contributed by atoms with Gasteiger partial charge in [0.2, 0.25) is 0 Å². The molecule has 27 heavy (non-hydrogen) atoms. The van der Waals surface area contributed by atoms with Crippen LogP contribution in [0.15, 0.2) is 64.9 Å². The summed E-state index contributed by atoms with van der Waals surface area (Å²) in [5.41, 5.74) is 6.71. The van der Waals surface area contributed by atoms with E-state index in [0.29, 0.717) is 11.6 Å². The third-order valence-corrected chi connectivity index (χ3v) is 5.90. The van der Waals surface area contributed by atoms with Gasteiger partial charge in [-0.2, -0.15) is 5.10 Å². The van der Waals surface area contributed by atoms with Crippen molar-refractivity contribution in [1.82, 2.24) is 14.6 Å². The second kappa shape index (κ2) is 5.22.